The summed E-state index contributed by atoms with van der Waals surface area (Å²) >= 11 is 0. The molecule has 1 aromatic heterocycles. The fraction of sp³-hybridized carbons (Fsp3) is 0.389. The molecule has 1 aromatic carbocycles. The molecule has 130 valence electrons. The van der Waals surface area contributed by atoms with Crippen LogP contribution < -0.4 is 9.80 Å². The van der Waals surface area contributed by atoms with E-state index in [0.717, 1.165) is 18.3 Å². The predicted octanol–water partition coefficient (Wildman–Crippen LogP) is 2.71. The molecule has 0 saturated carbocycles. The molecule has 0 bridgehead atoms. The molecule has 0 fully saturated rings. The molecule has 5 nitrogen and oxygen atoms in total. The summed E-state index contributed by atoms with van der Waals surface area (Å²) in [5.74, 6) is -2.30. The van der Waals surface area contributed by atoms with Gasteiger partial charge in [-0.15, -0.1) is 0 Å². The molecule has 2 rings (SSSR count). The molecular formula is C18H24FN3O2. The number of alkyl halides is 1. The van der Waals surface area contributed by atoms with Crippen LogP contribution in [-0.4, -0.2) is 41.2 Å². The maximum Gasteiger partial charge on any atom is 0.224 e. The molecule has 0 aliphatic heterocycles. The summed E-state index contributed by atoms with van der Waals surface area (Å²) in [5, 5.41) is 20.0. The number of hydrogen-bond donors (Lipinski definition) is 2. The van der Waals surface area contributed by atoms with Gasteiger partial charge < -0.3 is 20.0 Å². The summed E-state index contributed by atoms with van der Waals surface area (Å²) in [6, 6.07) is 10.1. The van der Waals surface area contributed by atoms with Gasteiger partial charge in [-0.3, -0.25) is 4.98 Å². The third-order valence-electron chi connectivity index (χ3n) is 4.36. The first-order valence-electron chi connectivity index (χ1n) is 7.77. The van der Waals surface area contributed by atoms with E-state index in [1.54, 1.807) is 73.5 Å². The van der Waals surface area contributed by atoms with E-state index in [-0.39, 0.29) is 0 Å². The number of nitrogens with zero attached hydrogens (tertiary/aromatic N) is 3. The van der Waals surface area contributed by atoms with Crippen LogP contribution in [0, 0.1) is 0 Å². The van der Waals surface area contributed by atoms with Crippen molar-refractivity contribution in [3.8, 4) is 0 Å². The minimum absolute atomic E-state index is 0.702. The number of halogens is 1. The van der Waals surface area contributed by atoms with Crippen LogP contribution in [-0.2, 0) is 0 Å². The third-order valence-corrected chi connectivity index (χ3v) is 4.36. The van der Waals surface area contributed by atoms with E-state index in [4.69, 9.17) is 0 Å². The van der Waals surface area contributed by atoms with Gasteiger partial charge in [-0.1, -0.05) is 12.1 Å². The third kappa shape index (κ3) is 4.01. The Kier molecular flexibility index (Phi) is 5.41. The number of pyridine rings is 1. The molecule has 6 heteroatoms. The zero-order valence-corrected chi connectivity index (χ0v) is 14.4. The molecule has 0 amide bonds. The SMILES string of the molecule is CC(N(C)c1ccc(C(O)N(C)c2cccnc2)cc1)C(C)(O)F. The van der Waals surface area contributed by atoms with Crippen LogP contribution in [0.5, 0.6) is 0 Å². The fourth-order valence-electron chi connectivity index (χ4n) is 2.39. The van der Waals surface area contributed by atoms with Crippen LogP contribution in [0.1, 0.15) is 25.6 Å². The second-order valence-electron chi connectivity index (χ2n) is 6.10. The van der Waals surface area contributed by atoms with Gasteiger partial charge in [0.1, 0.15) is 0 Å². The maximum atomic E-state index is 13.7. The number of rotatable bonds is 6. The Hall–Kier alpha value is -2.18. The topological polar surface area (TPSA) is 59.8 Å². The highest BCUT2D eigenvalue weighted by atomic mass is 19.2. The van der Waals surface area contributed by atoms with E-state index in [0.29, 0.717) is 5.56 Å². The minimum atomic E-state index is -2.30. The van der Waals surface area contributed by atoms with E-state index in [1.807, 2.05) is 6.07 Å². The monoisotopic (exact) mass is 333 g/mol. The molecule has 24 heavy (non-hydrogen) atoms. The number of aliphatic hydroxyl groups excluding tert-OH is 1. The first kappa shape index (κ1) is 18.2. The number of anilines is 2. The summed E-state index contributed by atoms with van der Waals surface area (Å²) in [6.45, 7) is 2.74. The van der Waals surface area contributed by atoms with E-state index in [1.165, 1.54) is 0 Å². The second-order valence-corrected chi connectivity index (χ2v) is 6.10. The summed E-state index contributed by atoms with van der Waals surface area (Å²) in [7, 11) is 3.50. The molecule has 2 aromatic rings. The average molecular weight is 333 g/mol. The lowest BCUT2D eigenvalue weighted by Crippen LogP contribution is -2.44. The van der Waals surface area contributed by atoms with Crippen molar-refractivity contribution in [1.29, 1.82) is 0 Å². The lowest BCUT2D eigenvalue weighted by Gasteiger charge is -2.33. The van der Waals surface area contributed by atoms with Crippen molar-refractivity contribution in [3.05, 3.63) is 54.4 Å². The highest BCUT2D eigenvalue weighted by Gasteiger charge is 2.31. The highest BCUT2D eigenvalue weighted by Crippen LogP contribution is 2.27. The zero-order chi connectivity index (χ0) is 17.9. The molecular weight excluding hydrogens is 309 g/mol. The Balaban J connectivity index is 2.14. The minimum Gasteiger partial charge on any atom is -0.369 e. The number of hydrogen-bond acceptors (Lipinski definition) is 5. The van der Waals surface area contributed by atoms with Gasteiger partial charge in [-0.05, 0) is 38.1 Å². The largest absolute Gasteiger partial charge is 0.369 e. The molecule has 1 heterocycles. The Labute approximate surface area is 142 Å². The fourth-order valence-corrected chi connectivity index (χ4v) is 2.39. The van der Waals surface area contributed by atoms with Crippen LogP contribution in [0.15, 0.2) is 48.8 Å². The molecule has 0 radical (unpaired) electrons. The summed E-state index contributed by atoms with van der Waals surface area (Å²) < 4.78 is 13.7. The van der Waals surface area contributed by atoms with Gasteiger partial charge in [0.25, 0.3) is 0 Å². The van der Waals surface area contributed by atoms with Gasteiger partial charge in [0.05, 0.1) is 17.9 Å². The first-order valence-corrected chi connectivity index (χ1v) is 7.77. The highest BCUT2D eigenvalue weighted by molar-refractivity contribution is 5.50. The van der Waals surface area contributed by atoms with E-state index in [2.05, 4.69) is 4.98 Å². The van der Waals surface area contributed by atoms with Crippen molar-refractivity contribution in [2.24, 2.45) is 0 Å². The lowest BCUT2D eigenvalue weighted by atomic mass is 10.1. The summed E-state index contributed by atoms with van der Waals surface area (Å²) in [6.07, 6.45) is 2.53. The molecule has 3 unspecified atom stereocenters. The zero-order valence-electron chi connectivity index (χ0n) is 14.4. The molecule has 0 aliphatic rings. The second kappa shape index (κ2) is 7.15. The van der Waals surface area contributed by atoms with Crippen LogP contribution in [0.4, 0.5) is 15.8 Å². The number of likely N-dealkylation sites (N-methyl/N-ethyl adjacent to an activating group) is 1. The van der Waals surface area contributed by atoms with Gasteiger partial charge in [0, 0.05) is 31.5 Å². The normalized spacial score (nSPS) is 16.1. The maximum absolute atomic E-state index is 13.7. The van der Waals surface area contributed by atoms with Crippen molar-refractivity contribution in [2.45, 2.75) is 32.0 Å². The number of aromatic nitrogens is 1. The first-order chi connectivity index (χ1) is 11.2. The van der Waals surface area contributed by atoms with Crippen LogP contribution >= 0.6 is 0 Å². The molecule has 3 atom stereocenters. The Morgan fingerprint density at radius 1 is 1.08 bits per heavy atom. The van der Waals surface area contributed by atoms with E-state index < -0.39 is 18.1 Å². The molecule has 0 aliphatic carbocycles. The smallest absolute Gasteiger partial charge is 0.224 e. The molecule has 2 N–H and O–H groups in total. The van der Waals surface area contributed by atoms with Crippen molar-refractivity contribution in [2.75, 3.05) is 23.9 Å². The molecule has 0 saturated heterocycles. The summed E-state index contributed by atoms with van der Waals surface area (Å²) in [4.78, 5) is 7.41. The van der Waals surface area contributed by atoms with E-state index >= 15 is 0 Å². The molecule has 0 spiro atoms. The Morgan fingerprint density at radius 3 is 2.21 bits per heavy atom. The number of benzene rings is 1. The summed E-state index contributed by atoms with van der Waals surface area (Å²) in [5.41, 5.74) is 2.26. The Bertz CT molecular complexity index is 644. The van der Waals surface area contributed by atoms with E-state index in [9.17, 15) is 14.6 Å². The number of aliphatic hydroxyl groups is 2. The van der Waals surface area contributed by atoms with Crippen LogP contribution in [0.3, 0.4) is 0 Å². The average Bonchev–Trinajstić information content (AvgIpc) is 2.59. The van der Waals surface area contributed by atoms with Crippen LogP contribution in [0.25, 0.3) is 0 Å². The van der Waals surface area contributed by atoms with Crippen molar-refractivity contribution in [3.63, 3.8) is 0 Å². The van der Waals surface area contributed by atoms with Gasteiger partial charge in [-0.25, -0.2) is 4.39 Å². The predicted molar refractivity (Wildman–Crippen MR) is 93.6 cm³/mol. The van der Waals surface area contributed by atoms with Gasteiger partial charge in [0.2, 0.25) is 5.85 Å². The quantitative estimate of drug-likeness (QED) is 0.796. The lowest BCUT2D eigenvalue weighted by molar-refractivity contribution is -0.0868. The van der Waals surface area contributed by atoms with Crippen LogP contribution in [0.2, 0.25) is 0 Å². The van der Waals surface area contributed by atoms with Crippen molar-refractivity contribution in [1.82, 2.24) is 4.98 Å². The standard InChI is InChI=1S/C18H24FN3O2/c1-13(18(2,19)24)21(3)15-9-7-14(8-10-15)17(23)22(4)16-6-5-11-20-12-16/h5-13,17,23-24H,1-4H3. The van der Waals surface area contributed by atoms with Gasteiger partial charge in [-0.2, -0.15) is 0 Å². The van der Waals surface area contributed by atoms with Gasteiger partial charge >= 0.3 is 0 Å². The Morgan fingerprint density at radius 2 is 1.71 bits per heavy atom. The van der Waals surface area contributed by atoms with Gasteiger partial charge in [0.15, 0.2) is 6.23 Å². The van der Waals surface area contributed by atoms with Crippen molar-refractivity contribution >= 4 is 11.4 Å². The van der Waals surface area contributed by atoms with Crippen molar-refractivity contribution < 1.29 is 14.6 Å².